The molecule has 1 amide bonds. The van der Waals surface area contributed by atoms with Crippen molar-refractivity contribution < 1.29 is 14.6 Å². The second kappa shape index (κ2) is 4.53. The topological polar surface area (TPSA) is 49.8 Å². The lowest BCUT2D eigenvalue weighted by atomic mass is 10.2. The minimum atomic E-state index is -0.0976. The first-order chi connectivity index (χ1) is 7.76. The highest BCUT2D eigenvalue weighted by Crippen LogP contribution is 2.28. The fourth-order valence-corrected chi connectivity index (χ4v) is 2.03. The Morgan fingerprint density at radius 3 is 3.06 bits per heavy atom. The molecule has 86 valence electrons. The second-order valence-corrected chi connectivity index (χ2v) is 3.84. The number of amides is 1. The predicted octanol–water partition coefficient (Wildman–Crippen LogP) is 1.18. The van der Waals surface area contributed by atoms with Crippen molar-refractivity contribution in [3.8, 4) is 5.75 Å². The van der Waals surface area contributed by atoms with Crippen LogP contribution in [0.1, 0.15) is 12.8 Å². The van der Waals surface area contributed by atoms with Gasteiger partial charge >= 0.3 is 0 Å². The number of nitrogens with zero attached hydrogens (tertiary/aromatic N) is 1. The molecule has 0 spiro atoms. The molecule has 1 saturated heterocycles. The average Bonchev–Trinajstić information content (AvgIpc) is 2.70. The molecule has 0 radical (unpaired) electrons. The number of hydrogen-bond acceptors (Lipinski definition) is 3. The summed E-state index contributed by atoms with van der Waals surface area (Å²) in [5.74, 6) is 0.779. The maximum atomic E-state index is 11.7. The summed E-state index contributed by atoms with van der Waals surface area (Å²) in [6.07, 6.45) is 1.22. The summed E-state index contributed by atoms with van der Waals surface area (Å²) in [6, 6.07) is 7.24. The lowest BCUT2D eigenvalue weighted by Gasteiger charge is -2.23. The van der Waals surface area contributed by atoms with Gasteiger partial charge in [-0.25, -0.2) is 0 Å². The quantitative estimate of drug-likeness (QED) is 0.834. The van der Waals surface area contributed by atoms with E-state index in [-0.39, 0.29) is 18.6 Å². The zero-order valence-electron chi connectivity index (χ0n) is 9.22. The molecule has 0 bridgehead atoms. The Kier molecular flexibility index (Phi) is 3.10. The average molecular weight is 221 g/mol. The van der Waals surface area contributed by atoms with Crippen molar-refractivity contribution >= 4 is 11.6 Å². The molecule has 1 fully saturated rings. The number of anilines is 1. The van der Waals surface area contributed by atoms with E-state index >= 15 is 0 Å². The first-order valence-electron chi connectivity index (χ1n) is 5.33. The van der Waals surface area contributed by atoms with Gasteiger partial charge in [0.25, 0.3) is 0 Å². The second-order valence-electron chi connectivity index (χ2n) is 3.84. The molecular formula is C12H15NO3. The molecule has 4 heteroatoms. The fourth-order valence-electron chi connectivity index (χ4n) is 2.03. The Balaban J connectivity index is 2.30. The Morgan fingerprint density at radius 1 is 1.56 bits per heavy atom. The number of aliphatic hydroxyl groups excluding tert-OH is 1. The van der Waals surface area contributed by atoms with Gasteiger partial charge in [0.1, 0.15) is 5.75 Å². The van der Waals surface area contributed by atoms with E-state index in [0.29, 0.717) is 18.6 Å². The van der Waals surface area contributed by atoms with Crippen molar-refractivity contribution in [3.63, 3.8) is 0 Å². The summed E-state index contributed by atoms with van der Waals surface area (Å²) in [6.45, 7) is 0.00293. The minimum absolute atomic E-state index is 0.00293. The molecule has 1 heterocycles. The van der Waals surface area contributed by atoms with Gasteiger partial charge in [0.2, 0.25) is 5.91 Å². The van der Waals surface area contributed by atoms with Crippen LogP contribution < -0.4 is 9.64 Å². The van der Waals surface area contributed by atoms with Crippen LogP contribution in [0.25, 0.3) is 0 Å². The van der Waals surface area contributed by atoms with Gasteiger partial charge in [-0.3, -0.25) is 4.79 Å². The van der Waals surface area contributed by atoms with Gasteiger partial charge in [0, 0.05) is 18.2 Å². The maximum absolute atomic E-state index is 11.7. The van der Waals surface area contributed by atoms with Crippen molar-refractivity contribution in [2.24, 2.45) is 0 Å². The minimum Gasteiger partial charge on any atom is -0.497 e. The monoisotopic (exact) mass is 221 g/mol. The highest BCUT2D eigenvalue weighted by molar-refractivity contribution is 5.96. The van der Waals surface area contributed by atoms with Crippen LogP contribution in [0, 0.1) is 0 Å². The van der Waals surface area contributed by atoms with E-state index in [4.69, 9.17) is 4.74 Å². The van der Waals surface area contributed by atoms with Crippen LogP contribution in [0.4, 0.5) is 5.69 Å². The molecule has 2 rings (SSSR count). The summed E-state index contributed by atoms with van der Waals surface area (Å²) < 4.78 is 5.12. The van der Waals surface area contributed by atoms with Gasteiger partial charge in [-0.2, -0.15) is 0 Å². The number of methoxy groups -OCH3 is 1. The summed E-state index contributed by atoms with van der Waals surface area (Å²) >= 11 is 0. The van der Waals surface area contributed by atoms with Crippen LogP contribution >= 0.6 is 0 Å². The molecule has 16 heavy (non-hydrogen) atoms. The van der Waals surface area contributed by atoms with E-state index in [9.17, 15) is 9.90 Å². The first kappa shape index (κ1) is 11.0. The lowest BCUT2D eigenvalue weighted by molar-refractivity contribution is -0.117. The van der Waals surface area contributed by atoms with Crippen molar-refractivity contribution in [2.45, 2.75) is 18.9 Å². The molecule has 0 unspecified atom stereocenters. The molecule has 0 aliphatic carbocycles. The largest absolute Gasteiger partial charge is 0.497 e. The molecule has 4 nitrogen and oxygen atoms in total. The summed E-state index contributed by atoms with van der Waals surface area (Å²) in [5, 5.41) is 9.22. The Labute approximate surface area is 94.4 Å². The van der Waals surface area contributed by atoms with Gasteiger partial charge < -0.3 is 14.7 Å². The number of carbonyl (C=O) groups is 1. The van der Waals surface area contributed by atoms with Crippen LogP contribution in [-0.4, -0.2) is 30.8 Å². The zero-order valence-corrected chi connectivity index (χ0v) is 9.22. The zero-order chi connectivity index (χ0) is 11.5. The standard InChI is InChI=1S/C12H15NO3/c1-16-11-4-2-3-9(7-11)13-10(8-14)5-6-12(13)15/h2-4,7,10,14H,5-6,8H2,1H3/t10-/m0/s1. The number of rotatable bonds is 3. The summed E-state index contributed by atoms with van der Waals surface area (Å²) in [7, 11) is 1.59. The molecule has 1 aliphatic rings. The van der Waals surface area contributed by atoms with Crippen LogP contribution in [0.2, 0.25) is 0 Å². The van der Waals surface area contributed by atoms with Crippen molar-refractivity contribution in [1.82, 2.24) is 0 Å². The molecule has 1 aromatic carbocycles. The Hall–Kier alpha value is -1.55. The number of hydrogen-bond donors (Lipinski definition) is 1. The van der Waals surface area contributed by atoms with Crippen molar-refractivity contribution in [2.75, 3.05) is 18.6 Å². The summed E-state index contributed by atoms with van der Waals surface area (Å²) in [5.41, 5.74) is 0.793. The Morgan fingerprint density at radius 2 is 2.38 bits per heavy atom. The maximum Gasteiger partial charge on any atom is 0.227 e. The molecule has 1 atom stereocenters. The van der Waals surface area contributed by atoms with E-state index in [1.165, 1.54) is 0 Å². The van der Waals surface area contributed by atoms with Crippen LogP contribution in [0.3, 0.4) is 0 Å². The molecule has 0 aromatic heterocycles. The normalized spacial score (nSPS) is 20.2. The molecule has 1 N–H and O–H groups in total. The fraction of sp³-hybridized carbons (Fsp3) is 0.417. The van der Waals surface area contributed by atoms with Crippen molar-refractivity contribution in [3.05, 3.63) is 24.3 Å². The third-order valence-electron chi connectivity index (χ3n) is 2.87. The highest BCUT2D eigenvalue weighted by Gasteiger charge is 2.31. The van der Waals surface area contributed by atoms with E-state index in [0.717, 1.165) is 5.69 Å². The van der Waals surface area contributed by atoms with Gasteiger partial charge in [0.15, 0.2) is 0 Å². The van der Waals surface area contributed by atoms with Crippen LogP contribution in [0.15, 0.2) is 24.3 Å². The van der Waals surface area contributed by atoms with Gasteiger partial charge in [-0.1, -0.05) is 6.07 Å². The Bertz CT molecular complexity index is 392. The molecular weight excluding hydrogens is 206 g/mol. The van der Waals surface area contributed by atoms with Gasteiger partial charge in [-0.15, -0.1) is 0 Å². The lowest BCUT2D eigenvalue weighted by Crippen LogP contribution is -2.35. The smallest absolute Gasteiger partial charge is 0.227 e. The number of ether oxygens (including phenoxy) is 1. The van der Waals surface area contributed by atoms with E-state index in [2.05, 4.69) is 0 Å². The van der Waals surface area contributed by atoms with Gasteiger partial charge in [-0.05, 0) is 18.6 Å². The molecule has 0 saturated carbocycles. The van der Waals surface area contributed by atoms with E-state index in [1.54, 1.807) is 12.0 Å². The van der Waals surface area contributed by atoms with E-state index < -0.39 is 0 Å². The number of benzene rings is 1. The molecule has 1 aliphatic heterocycles. The predicted molar refractivity (Wildman–Crippen MR) is 60.6 cm³/mol. The SMILES string of the molecule is COc1cccc(N2C(=O)CC[C@H]2CO)c1. The third kappa shape index (κ3) is 1.88. The highest BCUT2D eigenvalue weighted by atomic mass is 16.5. The molecule has 1 aromatic rings. The van der Waals surface area contributed by atoms with Gasteiger partial charge in [0.05, 0.1) is 19.8 Å². The van der Waals surface area contributed by atoms with Crippen LogP contribution in [0.5, 0.6) is 5.75 Å². The van der Waals surface area contributed by atoms with E-state index in [1.807, 2.05) is 24.3 Å². The van der Waals surface area contributed by atoms with Crippen LogP contribution in [-0.2, 0) is 4.79 Å². The number of carbonyl (C=O) groups excluding carboxylic acids is 1. The van der Waals surface area contributed by atoms with Crippen molar-refractivity contribution in [1.29, 1.82) is 0 Å². The third-order valence-corrected chi connectivity index (χ3v) is 2.87. The summed E-state index contributed by atoms with van der Waals surface area (Å²) in [4.78, 5) is 13.4. The number of aliphatic hydroxyl groups is 1. The first-order valence-corrected chi connectivity index (χ1v) is 5.33.